The van der Waals surface area contributed by atoms with E-state index in [0.717, 1.165) is 54.0 Å². The van der Waals surface area contributed by atoms with Crippen LogP contribution >= 0.6 is 0 Å². The molecule has 3 aromatic rings. The van der Waals surface area contributed by atoms with Crippen LogP contribution in [0.4, 0.5) is 5.69 Å². The highest BCUT2D eigenvalue weighted by Crippen LogP contribution is 2.34. The Morgan fingerprint density at radius 3 is 2.53 bits per heavy atom. The molecule has 7 heteroatoms. The smallest absolute Gasteiger partial charge is 0.243 e. The summed E-state index contributed by atoms with van der Waals surface area (Å²) in [6.07, 6.45) is 4.10. The lowest BCUT2D eigenvalue weighted by molar-refractivity contribution is -0.134. The number of aromatic amines is 1. The van der Waals surface area contributed by atoms with Gasteiger partial charge in [-0.2, -0.15) is 0 Å². The zero-order valence-corrected chi connectivity index (χ0v) is 20.5. The minimum Gasteiger partial charge on any atom is -0.497 e. The second-order valence-electron chi connectivity index (χ2n) is 9.27. The average Bonchev–Trinajstić information content (AvgIpc) is 3.25. The lowest BCUT2D eigenvalue weighted by Gasteiger charge is -2.32. The number of para-hydroxylation sites is 1. The van der Waals surface area contributed by atoms with Crippen molar-refractivity contribution < 1.29 is 14.3 Å². The predicted octanol–water partition coefficient (Wildman–Crippen LogP) is 4.07. The van der Waals surface area contributed by atoms with E-state index in [4.69, 9.17) is 4.74 Å². The number of nitrogens with one attached hydrogen (secondary N) is 2. The van der Waals surface area contributed by atoms with Gasteiger partial charge < -0.3 is 19.9 Å². The summed E-state index contributed by atoms with van der Waals surface area (Å²) >= 11 is 0. The van der Waals surface area contributed by atoms with E-state index in [1.807, 2.05) is 38.1 Å². The second-order valence-corrected chi connectivity index (χ2v) is 9.27. The Labute approximate surface area is 201 Å². The molecule has 0 radical (unpaired) electrons. The summed E-state index contributed by atoms with van der Waals surface area (Å²) in [5, 5.41) is 4.17. The number of fused-ring (bicyclic) bond motifs is 1. The summed E-state index contributed by atoms with van der Waals surface area (Å²) < 4.78 is 5.40. The van der Waals surface area contributed by atoms with E-state index in [9.17, 15) is 9.59 Å². The molecule has 0 unspecified atom stereocenters. The first kappa shape index (κ1) is 23.8. The van der Waals surface area contributed by atoms with Crippen LogP contribution in [0.3, 0.4) is 0 Å². The van der Waals surface area contributed by atoms with Gasteiger partial charge in [0.25, 0.3) is 0 Å². The third-order valence-corrected chi connectivity index (χ3v) is 6.86. The Balaban J connectivity index is 1.28. The van der Waals surface area contributed by atoms with Crippen LogP contribution in [0.15, 0.2) is 42.6 Å². The fraction of sp³-hybridized carbons (Fsp3) is 0.407. The van der Waals surface area contributed by atoms with Crippen LogP contribution in [0.2, 0.25) is 0 Å². The standard InChI is InChI=1S/C27H34N4O3/c1-18-6-5-7-19(2)27(18)29-25(32)16-30(3)26(33)17-31-12-10-20(11-13-31)23-15-28-24-9-8-21(34-4)14-22(23)24/h5-9,14-15,20,28H,10-13,16-17H2,1-4H3,(H,29,32). The quantitative estimate of drug-likeness (QED) is 0.555. The number of rotatable bonds is 7. The van der Waals surface area contributed by atoms with Crippen LogP contribution in [-0.4, -0.2) is 66.9 Å². The van der Waals surface area contributed by atoms with Crippen LogP contribution in [0.1, 0.15) is 35.4 Å². The highest BCUT2D eigenvalue weighted by atomic mass is 16.5. The Bertz CT molecular complexity index is 1160. The van der Waals surface area contributed by atoms with Crippen molar-refractivity contribution in [1.82, 2.24) is 14.8 Å². The number of anilines is 1. The number of carbonyl (C=O) groups excluding carboxylic acids is 2. The topological polar surface area (TPSA) is 77.7 Å². The third kappa shape index (κ3) is 5.25. The van der Waals surface area contributed by atoms with Crippen molar-refractivity contribution in [3.05, 3.63) is 59.3 Å². The molecule has 2 amide bonds. The van der Waals surface area contributed by atoms with E-state index >= 15 is 0 Å². The molecule has 1 aliphatic heterocycles. The average molecular weight is 463 g/mol. The summed E-state index contributed by atoms with van der Waals surface area (Å²) in [4.78, 5) is 32.4. The van der Waals surface area contributed by atoms with Crippen molar-refractivity contribution in [3.63, 3.8) is 0 Å². The molecule has 0 bridgehead atoms. The molecular weight excluding hydrogens is 428 g/mol. The molecule has 1 aliphatic rings. The van der Waals surface area contributed by atoms with Crippen LogP contribution in [0.25, 0.3) is 10.9 Å². The Morgan fingerprint density at radius 1 is 1.15 bits per heavy atom. The van der Waals surface area contributed by atoms with Gasteiger partial charge in [0.1, 0.15) is 5.75 Å². The fourth-order valence-corrected chi connectivity index (χ4v) is 4.79. The molecule has 2 aromatic carbocycles. The third-order valence-electron chi connectivity index (χ3n) is 6.86. The minimum absolute atomic E-state index is 0.0352. The van der Waals surface area contributed by atoms with Crippen molar-refractivity contribution in [2.24, 2.45) is 0 Å². The monoisotopic (exact) mass is 462 g/mol. The van der Waals surface area contributed by atoms with Crippen LogP contribution in [0, 0.1) is 13.8 Å². The molecule has 1 fully saturated rings. The number of benzene rings is 2. The van der Waals surface area contributed by atoms with E-state index in [2.05, 4.69) is 33.5 Å². The predicted molar refractivity (Wildman–Crippen MR) is 135 cm³/mol. The number of amides is 2. The SMILES string of the molecule is COc1ccc2[nH]cc(C3CCN(CC(=O)N(C)CC(=O)Nc4c(C)cccc4C)CC3)c2c1. The van der Waals surface area contributed by atoms with E-state index in [-0.39, 0.29) is 18.4 Å². The zero-order valence-electron chi connectivity index (χ0n) is 20.5. The number of aryl methyl sites for hydroxylation is 2. The van der Waals surface area contributed by atoms with Crippen molar-refractivity contribution in [2.75, 3.05) is 45.7 Å². The van der Waals surface area contributed by atoms with Crippen molar-refractivity contribution in [2.45, 2.75) is 32.6 Å². The molecule has 0 atom stereocenters. The highest BCUT2D eigenvalue weighted by molar-refractivity contribution is 5.96. The van der Waals surface area contributed by atoms with Gasteiger partial charge >= 0.3 is 0 Å². The zero-order chi connectivity index (χ0) is 24.2. The van der Waals surface area contributed by atoms with Crippen LogP contribution < -0.4 is 10.1 Å². The van der Waals surface area contributed by atoms with Crippen molar-refractivity contribution >= 4 is 28.4 Å². The molecule has 1 aromatic heterocycles. The number of ether oxygens (including phenoxy) is 1. The molecule has 4 rings (SSSR count). The summed E-state index contributed by atoms with van der Waals surface area (Å²) in [6, 6.07) is 12.0. The number of hydrogen-bond acceptors (Lipinski definition) is 4. The highest BCUT2D eigenvalue weighted by Gasteiger charge is 2.25. The van der Waals surface area contributed by atoms with Gasteiger partial charge in [0, 0.05) is 29.8 Å². The van der Waals surface area contributed by atoms with Gasteiger partial charge in [-0.15, -0.1) is 0 Å². The van der Waals surface area contributed by atoms with E-state index in [0.29, 0.717) is 12.5 Å². The maximum absolute atomic E-state index is 12.8. The van der Waals surface area contributed by atoms with Crippen LogP contribution in [-0.2, 0) is 9.59 Å². The molecule has 0 spiro atoms. The summed E-state index contributed by atoms with van der Waals surface area (Å²) in [7, 11) is 3.38. The fourth-order valence-electron chi connectivity index (χ4n) is 4.79. The van der Waals surface area contributed by atoms with Gasteiger partial charge in [-0.05, 0) is 80.6 Å². The number of hydrogen-bond donors (Lipinski definition) is 2. The molecule has 2 heterocycles. The summed E-state index contributed by atoms with van der Waals surface area (Å²) in [5.41, 5.74) is 5.29. The molecule has 34 heavy (non-hydrogen) atoms. The Kier molecular flexibility index (Phi) is 7.22. The first-order valence-corrected chi connectivity index (χ1v) is 11.8. The number of H-pyrrole nitrogens is 1. The van der Waals surface area contributed by atoms with Gasteiger partial charge in [0.15, 0.2) is 0 Å². The van der Waals surface area contributed by atoms with Gasteiger partial charge in [-0.3, -0.25) is 14.5 Å². The van der Waals surface area contributed by atoms with E-state index in [1.54, 1.807) is 14.2 Å². The van der Waals surface area contributed by atoms with Gasteiger partial charge in [0.2, 0.25) is 11.8 Å². The lowest BCUT2D eigenvalue weighted by atomic mass is 9.89. The van der Waals surface area contributed by atoms with Crippen LogP contribution in [0.5, 0.6) is 5.75 Å². The number of likely N-dealkylation sites (N-methyl/N-ethyl adjacent to an activating group) is 1. The summed E-state index contributed by atoms with van der Waals surface area (Å²) in [6.45, 7) is 6.02. The Morgan fingerprint density at radius 2 is 1.85 bits per heavy atom. The van der Waals surface area contributed by atoms with Gasteiger partial charge in [-0.25, -0.2) is 0 Å². The molecule has 180 valence electrons. The number of likely N-dealkylation sites (tertiary alicyclic amines) is 1. The molecule has 2 N–H and O–H groups in total. The maximum Gasteiger partial charge on any atom is 0.243 e. The normalized spacial score (nSPS) is 14.8. The van der Waals surface area contributed by atoms with Gasteiger partial charge in [-0.1, -0.05) is 18.2 Å². The molecule has 7 nitrogen and oxygen atoms in total. The number of piperidine rings is 1. The first-order chi connectivity index (χ1) is 16.4. The number of carbonyl (C=O) groups is 2. The maximum atomic E-state index is 12.8. The summed E-state index contributed by atoms with van der Waals surface area (Å²) in [5.74, 6) is 1.10. The van der Waals surface area contributed by atoms with Gasteiger partial charge in [0.05, 0.1) is 20.2 Å². The van der Waals surface area contributed by atoms with E-state index in [1.165, 1.54) is 15.8 Å². The molecule has 1 saturated heterocycles. The Hall–Kier alpha value is -3.32. The number of methoxy groups -OCH3 is 1. The molecule has 0 aliphatic carbocycles. The number of aromatic nitrogens is 1. The molecular formula is C27H34N4O3. The second kappa shape index (κ2) is 10.3. The lowest BCUT2D eigenvalue weighted by Crippen LogP contribution is -2.44. The van der Waals surface area contributed by atoms with E-state index < -0.39 is 0 Å². The minimum atomic E-state index is -0.179. The largest absolute Gasteiger partial charge is 0.497 e. The van der Waals surface area contributed by atoms with Crippen molar-refractivity contribution in [1.29, 1.82) is 0 Å². The van der Waals surface area contributed by atoms with Crippen molar-refractivity contribution in [3.8, 4) is 5.75 Å². The molecule has 0 saturated carbocycles. The first-order valence-electron chi connectivity index (χ1n) is 11.8. The number of nitrogens with zero attached hydrogens (tertiary/aromatic N) is 2.